The fraction of sp³-hybridized carbons (Fsp3) is 0.538. The van der Waals surface area contributed by atoms with Crippen LogP contribution in [0, 0.1) is 13.8 Å². The van der Waals surface area contributed by atoms with Crippen LogP contribution in [0.25, 0.3) is 0 Å². The van der Waals surface area contributed by atoms with E-state index in [0.717, 1.165) is 18.8 Å². The third-order valence-corrected chi connectivity index (χ3v) is 3.21. The van der Waals surface area contributed by atoms with E-state index in [-0.39, 0.29) is 0 Å². The van der Waals surface area contributed by atoms with Crippen LogP contribution in [0.15, 0.2) is 18.2 Å². The maximum Gasteiger partial charge on any atom is 0.122 e. The average molecular weight is 224 g/mol. The van der Waals surface area contributed by atoms with Crippen molar-refractivity contribution in [3.63, 3.8) is 0 Å². The van der Waals surface area contributed by atoms with Crippen molar-refractivity contribution in [1.82, 2.24) is 0 Å². The molecule has 0 bridgehead atoms. The maximum atomic E-state index is 5.73. The van der Waals surface area contributed by atoms with E-state index in [2.05, 4.69) is 39.0 Å². The highest BCUT2D eigenvalue weighted by atomic mass is 32.2. The predicted molar refractivity (Wildman–Crippen MR) is 69.0 cm³/mol. The topological polar surface area (TPSA) is 9.23 Å². The molecule has 0 saturated carbocycles. The Hall–Kier alpha value is -0.630. The third kappa shape index (κ3) is 4.61. The molecule has 0 aromatic heterocycles. The Morgan fingerprint density at radius 2 is 2.07 bits per heavy atom. The number of aryl methyl sites for hydroxylation is 2. The Morgan fingerprint density at radius 3 is 2.73 bits per heavy atom. The van der Waals surface area contributed by atoms with Crippen molar-refractivity contribution in [2.75, 3.05) is 18.1 Å². The molecule has 0 unspecified atom stereocenters. The molecule has 0 saturated heterocycles. The number of thioether (sulfide) groups is 1. The Labute approximate surface area is 97.2 Å². The van der Waals surface area contributed by atoms with Gasteiger partial charge in [-0.2, -0.15) is 11.8 Å². The highest BCUT2D eigenvalue weighted by molar-refractivity contribution is 7.99. The molecule has 0 spiro atoms. The first-order chi connectivity index (χ1) is 7.24. The molecule has 1 rings (SSSR count). The average Bonchev–Trinajstić information content (AvgIpc) is 2.20. The molecule has 1 nitrogen and oxygen atoms in total. The lowest BCUT2D eigenvalue weighted by atomic mass is 10.1. The van der Waals surface area contributed by atoms with Crippen LogP contribution < -0.4 is 4.74 Å². The summed E-state index contributed by atoms with van der Waals surface area (Å²) in [5, 5.41) is 0. The van der Waals surface area contributed by atoms with Crippen LogP contribution in [0.2, 0.25) is 0 Å². The quantitative estimate of drug-likeness (QED) is 0.679. The molecule has 1 aromatic carbocycles. The zero-order valence-electron chi connectivity index (χ0n) is 9.88. The number of ether oxygens (including phenoxy) is 1. The maximum absolute atomic E-state index is 5.73. The zero-order chi connectivity index (χ0) is 11.1. The second-order valence-electron chi connectivity index (χ2n) is 3.67. The second kappa shape index (κ2) is 6.78. The lowest BCUT2D eigenvalue weighted by Crippen LogP contribution is -2.00. The molecule has 0 aliphatic carbocycles. The summed E-state index contributed by atoms with van der Waals surface area (Å²) in [6, 6.07) is 6.33. The van der Waals surface area contributed by atoms with Crippen LogP contribution in [-0.2, 0) is 0 Å². The molecule has 2 heteroatoms. The minimum absolute atomic E-state index is 0.830. The van der Waals surface area contributed by atoms with Crippen LogP contribution in [-0.4, -0.2) is 18.1 Å². The van der Waals surface area contributed by atoms with E-state index in [4.69, 9.17) is 4.74 Å². The Morgan fingerprint density at radius 1 is 1.27 bits per heavy atom. The second-order valence-corrected chi connectivity index (χ2v) is 5.06. The van der Waals surface area contributed by atoms with Gasteiger partial charge in [-0.05, 0) is 43.4 Å². The lowest BCUT2D eigenvalue weighted by Gasteiger charge is -2.09. The standard InChI is InChI=1S/C13H20OS/c1-4-15-9-5-8-14-13-7-6-11(2)10-12(13)3/h6-7,10H,4-5,8-9H2,1-3H3. The van der Waals surface area contributed by atoms with Gasteiger partial charge in [-0.25, -0.2) is 0 Å². The number of benzene rings is 1. The third-order valence-electron chi connectivity index (χ3n) is 2.23. The Bertz CT molecular complexity index is 297. The van der Waals surface area contributed by atoms with E-state index >= 15 is 0 Å². The van der Waals surface area contributed by atoms with Crippen LogP contribution in [0.4, 0.5) is 0 Å². The molecule has 0 N–H and O–H groups in total. The van der Waals surface area contributed by atoms with Crippen LogP contribution in [0.5, 0.6) is 5.75 Å². The molecule has 1 aromatic rings. The fourth-order valence-electron chi connectivity index (χ4n) is 1.45. The van der Waals surface area contributed by atoms with E-state index in [1.54, 1.807) is 0 Å². The van der Waals surface area contributed by atoms with E-state index in [0.29, 0.717) is 0 Å². The summed E-state index contributed by atoms with van der Waals surface area (Å²) in [5.74, 6) is 3.42. The molecular formula is C13H20OS. The van der Waals surface area contributed by atoms with Crippen LogP contribution in [0.3, 0.4) is 0 Å². The summed E-state index contributed by atoms with van der Waals surface area (Å²) in [5.41, 5.74) is 2.53. The zero-order valence-corrected chi connectivity index (χ0v) is 10.7. The van der Waals surface area contributed by atoms with Gasteiger partial charge in [0.15, 0.2) is 0 Å². The van der Waals surface area contributed by atoms with E-state index < -0.39 is 0 Å². The molecule has 84 valence electrons. The van der Waals surface area contributed by atoms with Crippen molar-refractivity contribution < 1.29 is 4.74 Å². The van der Waals surface area contributed by atoms with Crippen molar-refractivity contribution in [2.24, 2.45) is 0 Å². The highest BCUT2D eigenvalue weighted by Crippen LogP contribution is 2.18. The van der Waals surface area contributed by atoms with Crippen LogP contribution >= 0.6 is 11.8 Å². The minimum Gasteiger partial charge on any atom is -0.493 e. The summed E-state index contributed by atoms with van der Waals surface area (Å²) in [6.07, 6.45) is 1.13. The fourth-order valence-corrected chi connectivity index (χ4v) is 2.06. The number of rotatable bonds is 6. The van der Waals surface area contributed by atoms with Crippen molar-refractivity contribution in [2.45, 2.75) is 27.2 Å². The SMILES string of the molecule is CCSCCCOc1ccc(C)cc1C. The van der Waals surface area contributed by atoms with Gasteiger partial charge < -0.3 is 4.74 Å². The molecule has 0 radical (unpaired) electrons. The van der Waals surface area contributed by atoms with Gasteiger partial charge in [-0.15, -0.1) is 0 Å². The van der Waals surface area contributed by atoms with E-state index in [1.165, 1.54) is 22.6 Å². The van der Waals surface area contributed by atoms with Gasteiger partial charge >= 0.3 is 0 Å². The van der Waals surface area contributed by atoms with Gasteiger partial charge in [0.25, 0.3) is 0 Å². The van der Waals surface area contributed by atoms with Crippen molar-refractivity contribution in [3.8, 4) is 5.75 Å². The minimum atomic E-state index is 0.830. The molecular weight excluding hydrogens is 204 g/mol. The first kappa shape index (κ1) is 12.4. The van der Waals surface area contributed by atoms with E-state index in [1.807, 2.05) is 11.8 Å². The largest absolute Gasteiger partial charge is 0.493 e. The molecule has 0 fully saturated rings. The first-order valence-electron chi connectivity index (χ1n) is 5.52. The number of hydrogen-bond donors (Lipinski definition) is 0. The Kier molecular flexibility index (Phi) is 5.62. The Balaban J connectivity index is 2.31. The van der Waals surface area contributed by atoms with Gasteiger partial charge in [0.1, 0.15) is 5.75 Å². The smallest absolute Gasteiger partial charge is 0.122 e. The first-order valence-corrected chi connectivity index (χ1v) is 6.67. The molecule has 0 amide bonds. The summed E-state index contributed by atoms with van der Waals surface area (Å²) in [6.45, 7) is 7.23. The van der Waals surface area contributed by atoms with Gasteiger partial charge in [0, 0.05) is 0 Å². The van der Waals surface area contributed by atoms with Gasteiger partial charge in [0.05, 0.1) is 6.61 Å². The molecule has 0 atom stereocenters. The normalized spacial score (nSPS) is 10.3. The van der Waals surface area contributed by atoms with Crippen molar-refractivity contribution in [1.29, 1.82) is 0 Å². The summed E-state index contributed by atoms with van der Waals surface area (Å²) in [7, 11) is 0. The molecule has 0 aliphatic heterocycles. The summed E-state index contributed by atoms with van der Waals surface area (Å²) in [4.78, 5) is 0. The van der Waals surface area contributed by atoms with E-state index in [9.17, 15) is 0 Å². The molecule has 0 heterocycles. The van der Waals surface area contributed by atoms with Gasteiger partial charge in [-0.1, -0.05) is 24.6 Å². The lowest BCUT2D eigenvalue weighted by molar-refractivity contribution is 0.316. The summed E-state index contributed by atoms with van der Waals surface area (Å²) >= 11 is 1.97. The predicted octanol–water partition coefficient (Wildman–Crippen LogP) is 3.83. The van der Waals surface area contributed by atoms with Crippen LogP contribution in [0.1, 0.15) is 24.5 Å². The van der Waals surface area contributed by atoms with Crippen molar-refractivity contribution >= 4 is 11.8 Å². The summed E-state index contributed by atoms with van der Waals surface area (Å²) < 4.78 is 5.73. The molecule has 0 aliphatic rings. The number of hydrogen-bond acceptors (Lipinski definition) is 2. The highest BCUT2D eigenvalue weighted by Gasteiger charge is 1.98. The van der Waals surface area contributed by atoms with Crippen molar-refractivity contribution in [3.05, 3.63) is 29.3 Å². The van der Waals surface area contributed by atoms with Gasteiger partial charge in [-0.3, -0.25) is 0 Å². The monoisotopic (exact) mass is 224 g/mol. The molecule has 15 heavy (non-hydrogen) atoms. The van der Waals surface area contributed by atoms with Gasteiger partial charge in [0.2, 0.25) is 0 Å².